The van der Waals surface area contributed by atoms with Crippen LogP contribution in [-0.4, -0.2) is 21.0 Å². The molecule has 0 unspecified atom stereocenters. The minimum absolute atomic E-state index is 0.0794. The molecule has 112 valence electrons. The van der Waals surface area contributed by atoms with Crippen LogP contribution in [0.2, 0.25) is 0 Å². The molecule has 0 saturated heterocycles. The summed E-state index contributed by atoms with van der Waals surface area (Å²) in [5.41, 5.74) is 1.67. The highest BCUT2D eigenvalue weighted by atomic mass is 32.1. The summed E-state index contributed by atoms with van der Waals surface area (Å²) in [5.74, 6) is 0.886. The summed E-state index contributed by atoms with van der Waals surface area (Å²) in [5, 5.41) is 7.27. The van der Waals surface area contributed by atoms with Gasteiger partial charge in [0, 0.05) is 18.9 Å². The highest BCUT2D eigenvalue weighted by Crippen LogP contribution is 2.37. The molecule has 0 radical (unpaired) electrons. The number of carbonyl (C=O) groups excluding carboxylic acids is 1. The van der Waals surface area contributed by atoms with Gasteiger partial charge >= 0.3 is 0 Å². The molecule has 3 rings (SSSR count). The zero-order valence-electron chi connectivity index (χ0n) is 12.2. The maximum Gasteiger partial charge on any atom is 0.225 e. The van der Waals surface area contributed by atoms with E-state index >= 15 is 0 Å². The minimum Gasteiger partial charge on any atom is -0.339 e. The zero-order valence-corrected chi connectivity index (χ0v) is 13.0. The average molecular weight is 314 g/mol. The van der Waals surface area contributed by atoms with Crippen molar-refractivity contribution in [2.45, 2.75) is 20.3 Å². The van der Waals surface area contributed by atoms with Gasteiger partial charge in [-0.1, -0.05) is 53.7 Å². The molecule has 3 aromatic rings. The Kier molecular flexibility index (Phi) is 3.97. The number of anilines is 1. The lowest BCUT2D eigenvalue weighted by molar-refractivity contribution is -0.115. The SMILES string of the molecule is CCC(=O)Nc1nc(-c2ccccc2)c(-c2noc(C)n2)s1. The summed E-state index contributed by atoms with van der Waals surface area (Å²) >= 11 is 1.34. The molecule has 0 atom stereocenters. The van der Waals surface area contributed by atoms with Crippen LogP contribution < -0.4 is 5.32 Å². The first-order valence-corrected chi connectivity index (χ1v) is 7.65. The maximum atomic E-state index is 11.6. The molecule has 0 aliphatic carbocycles. The van der Waals surface area contributed by atoms with E-state index in [1.807, 2.05) is 30.3 Å². The van der Waals surface area contributed by atoms with Gasteiger partial charge in [0.25, 0.3) is 0 Å². The van der Waals surface area contributed by atoms with Gasteiger partial charge in [0.15, 0.2) is 5.13 Å². The first kappa shape index (κ1) is 14.4. The van der Waals surface area contributed by atoms with E-state index in [-0.39, 0.29) is 5.91 Å². The average Bonchev–Trinajstić information content (AvgIpc) is 3.14. The number of benzene rings is 1. The topological polar surface area (TPSA) is 80.9 Å². The molecule has 7 heteroatoms. The lowest BCUT2D eigenvalue weighted by atomic mass is 10.1. The molecule has 2 aromatic heterocycles. The van der Waals surface area contributed by atoms with Crippen molar-refractivity contribution >= 4 is 22.4 Å². The molecule has 0 spiro atoms. The van der Waals surface area contributed by atoms with E-state index in [2.05, 4.69) is 20.4 Å². The van der Waals surface area contributed by atoms with Crippen LogP contribution in [0.5, 0.6) is 0 Å². The molecule has 0 saturated carbocycles. The number of carbonyl (C=O) groups is 1. The summed E-state index contributed by atoms with van der Waals surface area (Å²) in [4.78, 5) is 21.1. The van der Waals surface area contributed by atoms with Crippen molar-refractivity contribution in [3.8, 4) is 22.0 Å². The molecule has 6 nitrogen and oxygen atoms in total. The van der Waals surface area contributed by atoms with Crippen LogP contribution in [0.25, 0.3) is 22.0 Å². The second kappa shape index (κ2) is 6.07. The molecule has 0 aliphatic rings. The van der Waals surface area contributed by atoms with Crippen LogP contribution in [0.4, 0.5) is 5.13 Å². The number of amides is 1. The van der Waals surface area contributed by atoms with Crippen molar-refractivity contribution in [1.82, 2.24) is 15.1 Å². The number of hydrogen-bond acceptors (Lipinski definition) is 6. The van der Waals surface area contributed by atoms with E-state index in [1.165, 1.54) is 11.3 Å². The van der Waals surface area contributed by atoms with Crippen molar-refractivity contribution in [2.75, 3.05) is 5.32 Å². The Labute approximate surface area is 131 Å². The molecule has 1 aromatic carbocycles. The number of thiazole rings is 1. The van der Waals surface area contributed by atoms with Gasteiger partial charge in [-0.2, -0.15) is 4.98 Å². The smallest absolute Gasteiger partial charge is 0.225 e. The van der Waals surface area contributed by atoms with E-state index in [1.54, 1.807) is 13.8 Å². The van der Waals surface area contributed by atoms with Gasteiger partial charge in [-0.15, -0.1) is 0 Å². The first-order chi connectivity index (χ1) is 10.7. The Morgan fingerprint density at radius 1 is 1.27 bits per heavy atom. The van der Waals surface area contributed by atoms with Crippen LogP contribution in [-0.2, 0) is 4.79 Å². The number of nitrogens with zero attached hydrogens (tertiary/aromatic N) is 3. The van der Waals surface area contributed by atoms with Crippen LogP contribution >= 0.6 is 11.3 Å². The normalized spacial score (nSPS) is 10.6. The Morgan fingerprint density at radius 2 is 2.05 bits per heavy atom. The van der Waals surface area contributed by atoms with Crippen molar-refractivity contribution in [3.05, 3.63) is 36.2 Å². The molecule has 0 fully saturated rings. The van der Waals surface area contributed by atoms with E-state index in [0.29, 0.717) is 23.3 Å². The fourth-order valence-corrected chi connectivity index (χ4v) is 2.85. The van der Waals surface area contributed by atoms with E-state index in [9.17, 15) is 4.79 Å². The monoisotopic (exact) mass is 314 g/mol. The highest BCUT2D eigenvalue weighted by molar-refractivity contribution is 7.19. The van der Waals surface area contributed by atoms with E-state index in [4.69, 9.17) is 4.52 Å². The second-order valence-corrected chi connectivity index (χ2v) is 5.60. The summed E-state index contributed by atoms with van der Waals surface area (Å²) in [6.07, 6.45) is 0.400. The molecule has 2 heterocycles. The quantitative estimate of drug-likeness (QED) is 0.797. The fraction of sp³-hybridized carbons (Fsp3) is 0.200. The third-order valence-electron chi connectivity index (χ3n) is 2.97. The Morgan fingerprint density at radius 3 is 2.68 bits per heavy atom. The van der Waals surface area contributed by atoms with E-state index in [0.717, 1.165) is 16.1 Å². The number of aryl methyl sites for hydroxylation is 1. The van der Waals surface area contributed by atoms with Crippen LogP contribution in [0, 0.1) is 6.92 Å². The molecule has 0 bridgehead atoms. The van der Waals surface area contributed by atoms with Crippen molar-refractivity contribution in [3.63, 3.8) is 0 Å². The van der Waals surface area contributed by atoms with Crippen LogP contribution in [0.15, 0.2) is 34.9 Å². The summed E-state index contributed by atoms with van der Waals surface area (Å²) in [6, 6.07) is 9.72. The van der Waals surface area contributed by atoms with Crippen molar-refractivity contribution < 1.29 is 9.32 Å². The molecular formula is C15H14N4O2S. The van der Waals surface area contributed by atoms with Crippen LogP contribution in [0.1, 0.15) is 19.2 Å². The predicted octanol–water partition coefficient (Wildman–Crippen LogP) is 3.52. The molecular weight excluding hydrogens is 300 g/mol. The zero-order chi connectivity index (χ0) is 15.5. The maximum absolute atomic E-state index is 11.6. The fourth-order valence-electron chi connectivity index (χ4n) is 1.92. The molecule has 1 N–H and O–H groups in total. The Hall–Kier alpha value is -2.54. The molecule has 1 amide bonds. The van der Waals surface area contributed by atoms with Crippen molar-refractivity contribution in [1.29, 1.82) is 0 Å². The van der Waals surface area contributed by atoms with E-state index < -0.39 is 0 Å². The number of rotatable bonds is 4. The predicted molar refractivity (Wildman–Crippen MR) is 84.5 cm³/mol. The van der Waals surface area contributed by atoms with Gasteiger partial charge in [-0.05, 0) is 0 Å². The first-order valence-electron chi connectivity index (χ1n) is 6.84. The summed E-state index contributed by atoms with van der Waals surface area (Å²) in [7, 11) is 0. The second-order valence-electron chi connectivity index (χ2n) is 4.60. The van der Waals surface area contributed by atoms with Gasteiger partial charge in [-0.3, -0.25) is 4.79 Å². The highest BCUT2D eigenvalue weighted by Gasteiger charge is 2.19. The van der Waals surface area contributed by atoms with Crippen LogP contribution in [0.3, 0.4) is 0 Å². The third kappa shape index (κ3) is 2.89. The van der Waals surface area contributed by atoms with Gasteiger partial charge in [0.05, 0.1) is 5.69 Å². The van der Waals surface area contributed by atoms with Gasteiger partial charge < -0.3 is 9.84 Å². The van der Waals surface area contributed by atoms with Gasteiger partial charge in [0.2, 0.25) is 17.6 Å². The summed E-state index contributed by atoms with van der Waals surface area (Å²) < 4.78 is 5.05. The van der Waals surface area contributed by atoms with Gasteiger partial charge in [0.1, 0.15) is 4.88 Å². The molecule has 0 aliphatic heterocycles. The standard InChI is InChI=1S/C15H14N4O2S/c1-3-11(20)17-15-18-12(10-7-5-4-6-8-10)13(22-15)14-16-9(2)21-19-14/h4-8H,3H2,1-2H3,(H,17,18,20). The lowest BCUT2D eigenvalue weighted by Gasteiger charge is -1.98. The Balaban J connectivity index is 2.08. The van der Waals surface area contributed by atoms with Crippen molar-refractivity contribution in [2.24, 2.45) is 0 Å². The number of aromatic nitrogens is 3. The third-order valence-corrected chi connectivity index (χ3v) is 3.94. The molecule has 22 heavy (non-hydrogen) atoms. The Bertz CT molecular complexity index is 795. The summed E-state index contributed by atoms with van der Waals surface area (Å²) in [6.45, 7) is 3.53. The number of hydrogen-bond donors (Lipinski definition) is 1. The minimum atomic E-state index is -0.0794. The number of nitrogens with one attached hydrogen (secondary N) is 1. The largest absolute Gasteiger partial charge is 0.339 e. The van der Waals surface area contributed by atoms with Gasteiger partial charge in [-0.25, -0.2) is 4.98 Å². The lowest BCUT2D eigenvalue weighted by Crippen LogP contribution is -2.08.